The second kappa shape index (κ2) is 13.7. The fourth-order valence-corrected chi connectivity index (χ4v) is 4.84. The minimum Gasteiger partial charge on any atom is -0.493 e. The molecule has 1 aliphatic carbocycles. The van der Waals surface area contributed by atoms with Crippen molar-refractivity contribution in [1.29, 1.82) is 0 Å². The van der Waals surface area contributed by atoms with Crippen LogP contribution in [0.25, 0.3) is 6.08 Å². The normalized spacial score (nSPS) is 15.1. The summed E-state index contributed by atoms with van der Waals surface area (Å²) in [7, 11) is 8.72. The van der Waals surface area contributed by atoms with Crippen LogP contribution >= 0.6 is 0 Å². The van der Waals surface area contributed by atoms with Gasteiger partial charge in [0.05, 0.1) is 34.9 Å². The van der Waals surface area contributed by atoms with Crippen LogP contribution in [0.15, 0.2) is 30.5 Å². The lowest BCUT2D eigenvalue weighted by molar-refractivity contribution is -0.159. The Morgan fingerprint density at radius 1 is 0.900 bits per heavy atom. The van der Waals surface area contributed by atoms with Gasteiger partial charge >= 0.3 is 11.9 Å². The summed E-state index contributed by atoms with van der Waals surface area (Å²) in [5.41, 5.74) is 4.62. The van der Waals surface area contributed by atoms with Crippen LogP contribution in [0.1, 0.15) is 34.6 Å². The van der Waals surface area contributed by atoms with Crippen LogP contribution in [0.5, 0.6) is 23.0 Å². The van der Waals surface area contributed by atoms with E-state index in [1.807, 2.05) is 29.3 Å². The van der Waals surface area contributed by atoms with Crippen molar-refractivity contribution >= 4 is 23.9 Å². The summed E-state index contributed by atoms with van der Waals surface area (Å²) in [6, 6.07) is 8.02. The van der Waals surface area contributed by atoms with E-state index in [1.165, 1.54) is 11.1 Å². The van der Waals surface area contributed by atoms with Crippen LogP contribution < -0.4 is 18.9 Å². The molecular formula is C29H36N2O9. The fraction of sp³-hybridized carbons (Fsp3) is 0.414. The summed E-state index contributed by atoms with van der Waals surface area (Å²) >= 11 is 0. The van der Waals surface area contributed by atoms with Crippen LogP contribution in [0.2, 0.25) is 0 Å². The minimum atomic E-state index is -1.82. The number of hydrogen-bond acceptors (Lipinski definition) is 8. The summed E-state index contributed by atoms with van der Waals surface area (Å²) in [5.74, 6) is -0.158. The number of carboxylic acid groups (broad SMARTS) is 2. The van der Waals surface area contributed by atoms with Crippen molar-refractivity contribution in [2.24, 2.45) is 0 Å². The zero-order valence-electron chi connectivity index (χ0n) is 23.4. The number of methoxy groups -OCH3 is 4. The Morgan fingerprint density at radius 2 is 1.45 bits per heavy atom. The lowest BCUT2D eigenvalue weighted by Crippen LogP contribution is -2.34. The zero-order chi connectivity index (χ0) is 29.4. The van der Waals surface area contributed by atoms with Gasteiger partial charge in [-0.3, -0.25) is 4.79 Å². The number of carbonyl (C=O) groups excluding carboxylic acids is 1. The van der Waals surface area contributed by atoms with Crippen molar-refractivity contribution in [2.75, 3.05) is 55.1 Å². The molecule has 2 N–H and O–H groups in total. The second-order valence-corrected chi connectivity index (χ2v) is 9.52. The Balaban J connectivity index is 0.000000663. The molecule has 4 rings (SSSR count). The Hall–Kier alpha value is -4.25. The summed E-state index contributed by atoms with van der Waals surface area (Å²) < 4.78 is 21.7. The van der Waals surface area contributed by atoms with Gasteiger partial charge in [-0.05, 0) is 79.0 Å². The molecule has 40 heavy (non-hydrogen) atoms. The van der Waals surface area contributed by atoms with Crippen LogP contribution in [0.3, 0.4) is 0 Å². The highest BCUT2D eigenvalue weighted by molar-refractivity contribution is 6.27. The molecule has 11 heteroatoms. The number of ether oxygens (including phenoxy) is 4. The molecule has 1 atom stereocenters. The Labute approximate surface area is 233 Å². The lowest BCUT2D eigenvalue weighted by Gasteiger charge is -2.34. The van der Waals surface area contributed by atoms with Gasteiger partial charge in [0.15, 0.2) is 23.0 Å². The third-order valence-corrected chi connectivity index (χ3v) is 6.95. The second-order valence-electron chi connectivity index (χ2n) is 9.52. The van der Waals surface area contributed by atoms with Crippen molar-refractivity contribution in [3.8, 4) is 23.0 Å². The van der Waals surface area contributed by atoms with E-state index in [4.69, 9.17) is 38.7 Å². The predicted octanol–water partition coefficient (Wildman–Crippen LogP) is 2.89. The Morgan fingerprint density at radius 3 is 2.02 bits per heavy atom. The van der Waals surface area contributed by atoms with E-state index in [0.29, 0.717) is 30.4 Å². The molecule has 0 saturated carbocycles. The molecule has 0 bridgehead atoms. The van der Waals surface area contributed by atoms with Gasteiger partial charge in [-0.15, -0.1) is 0 Å². The first kappa shape index (κ1) is 30.3. The maximum atomic E-state index is 12.9. The molecule has 216 valence electrons. The number of aliphatic carboxylic acids is 2. The highest BCUT2D eigenvalue weighted by Crippen LogP contribution is 2.42. The third-order valence-electron chi connectivity index (χ3n) is 6.95. The smallest absolute Gasteiger partial charge is 0.414 e. The van der Waals surface area contributed by atoms with Gasteiger partial charge in [-0.1, -0.05) is 0 Å². The van der Waals surface area contributed by atoms with Crippen LogP contribution in [0.4, 0.5) is 0 Å². The monoisotopic (exact) mass is 556 g/mol. The van der Waals surface area contributed by atoms with Gasteiger partial charge < -0.3 is 39.0 Å². The average Bonchev–Trinajstić information content (AvgIpc) is 3.08. The number of nitrogens with zero attached hydrogens (tertiary/aromatic N) is 2. The van der Waals surface area contributed by atoms with Gasteiger partial charge in [0.2, 0.25) is 5.91 Å². The number of hydrogen-bond donors (Lipinski definition) is 2. The maximum absolute atomic E-state index is 12.9. The first-order valence-electron chi connectivity index (χ1n) is 12.7. The third kappa shape index (κ3) is 7.23. The highest BCUT2D eigenvalue weighted by Gasteiger charge is 2.29. The van der Waals surface area contributed by atoms with Gasteiger partial charge in [0, 0.05) is 25.2 Å². The SMILES string of the molecule is COc1cc2c(cc1OC)CC(=O)N(CCCN(C)CC1Cc3cc(OC)c(OC)cc31)C=C2.O=C(O)C(=O)O. The fourth-order valence-electron chi connectivity index (χ4n) is 4.84. The van der Waals surface area contributed by atoms with E-state index in [2.05, 4.69) is 24.1 Å². The number of likely N-dealkylation sites (N-methyl/N-ethyl adjacent to an activating group) is 1. The molecule has 1 unspecified atom stereocenters. The Bertz CT molecular complexity index is 1260. The van der Waals surface area contributed by atoms with Gasteiger partial charge in [0.1, 0.15) is 0 Å². The molecule has 1 heterocycles. The molecule has 1 aliphatic heterocycles. The van der Waals surface area contributed by atoms with E-state index in [-0.39, 0.29) is 5.91 Å². The van der Waals surface area contributed by atoms with Crippen molar-refractivity contribution < 1.29 is 43.5 Å². The molecule has 0 fully saturated rings. The number of amides is 1. The summed E-state index contributed by atoms with van der Waals surface area (Å²) in [6.45, 7) is 2.59. The number of benzene rings is 2. The quantitative estimate of drug-likeness (QED) is 0.421. The summed E-state index contributed by atoms with van der Waals surface area (Å²) in [5, 5.41) is 14.8. The minimum absolute atomic E-state index is 0.0961. The molecule has 0 aromatic heterocycles. The first-order chi connectivity index (χ1) is 19.1. The van der Waals surface area contributed by atoms with E-state index in [0.717, 1.165) is 48.6 Å². The maximum Gasteiger partial charge on any atom is 0.414 e. The average molecular weight is 557 g/mol. The van der Waals surface area contributed by atoms with Gasteiger partial charge in [-0.2, -0.15) is 0 Å². The van der Waals surface area contributed by atoms with Gasteiger partial charge in [-0.25, -0.2) is 9.59 Å². The Kier molecular flexibility index (Phi) is 10.4. The number of carboxylic acids is 2. The molecule has 1 amide bonds. The molecule has 2 aromatic rings. The van der Waals surface area contributed by atoms with Crippen LogP contribution in [-0.4, -0.2) is 93.0 Å². The topological polar surface area (TPSA) is 135 Å². The molecule has 0 saturated heterocycles. The molecular weight excluding hydrogens is 520 g/mol. The van der Waals surface area contributed by atoms with Crippen molar-refractivity contribution in [2.45, 2.75) is 25.2 Å². The van der Waals surface area contributed by atoms with Gasteiger partial charge in [0.25, 0.3) is 0 Å². The lowest BCUT2D eigenvalue weighted by atomic mass is 9.77. The van der Waals surface area contributed by atoms with Crippen LogP contribution in [-0.2, 0) is 27.2 Å². The number of rotatable bonds is 10. The van der Waals surface area contributed by atoms with E-state index < -0.39 is 11.9 Å². The van der Waals surface area contributed by atoms with Crippen molar-refractivity contribution in [3.05, 3.63) is 52.7 Å². The summed E-state index contributed by atoms with van der Waals surface area (Å²) in [6.07, 6.45) is 6.18. The molecule has 11 nitrogen and oxygen atoms in total. The molecule has 2 aliphatic rings. The molecule has 0 radical (unpaired) electrons. The van der Waals surface area contributed by atoms with E-state index >= 15 is 0 Å². The molecule has 2 aromatic carbocycles. The highest BCUT2D eigenvalue weighted by atomic mass is 16.5. The molecule has 0 spiro atoms. The standard InChI is InChI=1S/C27H34N2O5.C2H2O4/c1-28(17-21-11-20-14-25(33-4)26(34-5)16-22(20)21)8-6-9-29-10-7-18-12-23(31-2)24(32-3)13-19(18)15-27(29)30;3-1(4)2(5)6/h7,10,12-14,16,21H,6,8-9,11,15,17H2,1-5H3;(H,3,4)(H,5,6). The van der Waals surface area contributed by atoms with Crippen molar-refractivity contribution in [3.63, 3.8) is 0 Å². The largest absolute Gasteiger partial charge is 0.493 e. The predicted molar refractivity (Wildman–Crippen MR) is 147 cm³/mol. The number of fused-ring (bicyclic) bond motifs is 2. The zero-order valence-corrected chi connectivity index (χ0v) is 23.4. The van der Waals surface area contributed by atoms with Crippen molar-refractivity contribution in [1.82, 2.24) is 9.80 Å². The van der Waals surface area contributed by atoms with E-state index in [1.54, 1.807) is 28.4 Å². The summed E-state index contributed by atoms with van der Waals surface area (Å²) in [4.78, 5) is 35.2. The number of carbonyl (C=O) groups is 3. The van der Waals surface area contributed by atoms with Crippen LogP contribution in [0, 0.1) is 0 Å². The van der Waals surface area contributed by atoms with E-state index in [9.17, 15) is 4.79 Å². The first-order valence-corrected chi connectivity index (χ1v) is 12.7.